The van der Waals surface area contributed by atoms with Crippen molar-refractivity contribution in [2.75, 3.05) is 26.7 Å². The largest absolute Gasteiger partial charge is 0.334 e. The van der Waals surface area contributed by atoms with Gasteiger partial charge < -0.3 is 14.7 Å². The van der Waals surface area contributed by atoms with E-state index in [1.54, 1.807) is 6.92 Å². The van der Waals surface area contributed by atoms with Crippen LogP contribution >= 0.6 is 0 Å². The van der Waals surface area contributed by atoms with Gasteiger partial charge in [0.15, 0.2) is 11.6 Å². The Morgan fingerprint density at radius 2 is 1.88 bits per heavy atom. The van der Waals surface area contributed by atoms with Gasteiger partial charge in [-0.25, -0.2) is 8.78 Å². The highest BCUT2D eigenvalue weighted by Gasteiger charge is 2.45. The maximum Gasteiger partial charge on any atom is 0.257 e. The quantitative estimate of drug-likeness (QED) is 0.749. The number of nitrogens with zero attached hydrogens (tertiary/aromatic N) is 3. The monoisotopic (exact) mass is 337 g/mol. The van der Waals surface area contributed by atoms with E-state index in [1.165, 1.54) is 33.9 Å². The van der Waals surface area contributed by atoms with Gasteiger partial charge in [0.05, 0.1) is 12.1 Å². The van der Waals surface area contributed by atoms with Crippen molar-refractivity contribution in [2.45, 2.75) is 19.0 Å². The van der Waals surface area contributed by atoms with Crippen LogP contribution in [0.5, 0.6) is 0 Å². The number of likely N-dealkylation sites (N-methyl/N-ethyl adjacent to an activating group) is 1. The first-order valence-corrected chi connectivity index (χ1v) is 7.63. The number of fused-ring (bicyclic) bond motifs is 1. The number of carbonyl (C=O) groups is 3. The van der Waals surface area contributed by atoms with Crippen molar-refractivity contribution in [3.8, 4) is 0 Å². The van der Waals surface area contributed by atoms with Crippen LogP contribution in [0.3, 0.4) is 0 Å². The lowest BCUT2D eigenvalue weighted by Gasteiger charge is -2.47. The summed E-state index contributed by atoms with van der Waals surface area (Å²) in [6, 6.07) is 2.07. The summed E-state index contributed by atoms with van der Waals surface area (Å²) in [4.78, 5) is 41.2. The molecule has 0 aromatic heterocycles. The number of amides is 3. The van der Waals surface area contributed by atoms with Gasteiger partial charge in [0.25, 0.3) is 5.91 Å². The molecule has 0 unspecified atom stereocenters. The van der Waals surface area contributed by atoms with Gasteiger partial charge in [-0.1, -0.05) is 6.07 Å². The molecular weight excluding hydrogens is 320 g/mol. The highest BCUT2D eigenvalue weighted by Crippen LogP contribution is 2.23. The van der Waals surface area contributed by atoms with Crippen molar-refractivity contribution < 1.29 is 23.2 Å². The van der Waals surface area contributed by atoms with Crippen molar-refractivity contribution in [1.29, 1.82) is 0 Å². The van der Waals surface area contributed by atoms with E-state index in [0.29, 0.717) is 0 Å². The fraction of sp³-hybridized carbons (Fsp3) is 0.438. The van der Waals surface area contributed by atoms with E-state index in [0.717, 1.165) is 6.07 Å². The highest BCUT2D eigenvalue weighted by atomic mass is 19.2. The third-order valence-corrected chi connectivity index (χ3v) is 4.70. The lowest BCUT2D eigenvalue weighted by Crippen LogP contribution is -2.69. The molecule has 1 aromatic carbocycles. The Hall–Kier alpha value is -2.51. The molecule has 128 valence electrons. The number of benzene rings is 1. The first-order chi connectivity index (χ1) is 11.3. The Kier molecular flexibility index (Phi) is 3.98. The second-order valence-corrected chi connectivity index (χ2v) is 6.03. The molecule has 6 nitrogen and oxygen atoms in total. The zero-order chi connectivity index (χ0) is 17.6. The Balaban J connectivity index is 1.84. The zero-order valence-electron chi connectivity index (χ0n) is 13.3. The van der Waals surface area contributed by atoms with Crippen molar-refractivity contribution >= 4 is 17.7 Å². The summed E-state index contributed by atoms with van der Waals surface area (Å²) in [5.41, 5.74) is -0.375. The number of hydrogen-bond acceptors (Lipinski definition) is 3. The molecule has 2 saturated heterocycles. The van der Waals surface area contributed by atoms with Crippen LogP contribution in [0.4, 0.5) is 8.78 Å². The molecule has 0 spiro atoms. The van der Waals surface area contributed by atoms with E-state index in [2.05, 4.69) is 0 Å². The van der Waals surface area contributed by atoms with Gasteiger partial charge in [0, 0.05) is 20.1 Å². The van der Waals surface area contributed by atoms with E-state index in [9.17, 15) is 23.2 Å². The van der Waals surface area contributed by atoms with Crippen LogP contribution < -0.4 is 0 Å². The van der Waals surface area contributed by atoms with Gasteiger partial charge in [-0.15, -0.1) is 0 Å². The Labute approximate surface area is 137 Å². The minimum absolute atomic E-state index is 0.0313. The molecule has 2 aliphatic heterocycles. The summed E-state index contributed by atoms with van der Waals surface area (Å²) >= 11 is 0. The first kappa shape index (κ1) is 16.4. The number of piperazine rings is 2. The van der Waals surface area contributed by atoms with Crippen LogP contribution in [-0.2, 0) is 9.59 Å². The van der Waals surface area contributed by atoms with E-state index in [4.69, 9.17) is 0 Å². The van der Waals surface area contributed by atoms with E-state index >= 15 is 0 Å². The predicted octanol–water partition coefficient (Wildman–Crippen LogP) is 0.478. The molecular formula is C16H17F2N3O3. The van der Waals surface area contributed by atoms with Crippen molar-refractivity contribution in [2.24, 2.45) is 0 Å². The smallest absolute Gasteiger partial charge is 0.257 e. The summed E-state index contributed by atoms with van der Waals surface area (Å²) in [5, 5.41) is 0. The van der Waals surface area contributed by atoms with Crippen LogP contribution in [0.2, 0.25) is 0 Å². The van der Waals surface area contributed by atoms with E-state index in [1.807, 2.05) is 0 Å². The average molecular weight is 337 g/mol. The third-order valence-electron chi connectivity index (χ3n) is 4.70. The van der Waals surface area contributed by atoms with Gasteiger partial charge in [0.2, 0.25) is 11.8 Å². The SMILES string of the molecule is C[C@H]1C(=O)N2CCN(C(=O)c3cccc(F)c3F)C[C@@H]2C(=O)N1C. The van der Waals surface area contributed by atoms with Gasteiger partial charge in [-0.3, -0.25) is 14.4 Å². The second-order valence-electron chi connectivity index (χ2n) is 6.03. The molecule has 3 amide bonds. The molecule has 8 heteroatoms. The molecule has 2 atom stereocenters. The summed E-state index contributed by atoms with van der Waals surface area (Å²) in [6.07, 6.45) is 0. The number of carbonyl (C=O) groups excluding carboxylic acids is 3. The van der Waals surface area contributed by atoms with Crippen LogP contribution in [0.25, 0.3) is 0 Å². The molecule has 0 radical (unpaired) electrons. The standard InChI is InChI=1S/C16H17F2N3O3/c1-9-14(22)21-7-6-20(8-12(21)16(24)19(9)2)15(23)10-4-3-5-11(17)13(10)18/h3-5,9,12H,6-8H2,1-2H3/t9-,12+/m0/s1. The van der Waals surface area contributed by atoms with Crippen molar-refractivity contribution in [3.63, 3.8) is 0 Å². The van der Waals surface area contributed by atoms with Crippen LogP contribution in [0.15, 0.2) is 18.2 Å². The predicted molar refractivity (Wildman–Crippen MR) is 80.0 cm³/mol. The summed E-state index contributed by atoms with van der Waals surface area (Å²) < 4.78 is 27.2. The fourth-order valence-corrected chi connectivity index (χ4v) is 3.11. The van der Waals surface area contributed by atoms with Gasteiger partial charge in [-0.2, -0.15) is 0 Å². The molecule has 24 heavy (non-hydrogen) atoms. The number of hydrogen-bond donors (Lipinski definition) is 0. The highest BCUT2D eigenvalue weighted by molar-refractivity contribution is 5.99. The van der Waals surface area contributed by atoms with Gasteiger partial charge in [-0.05, 0) is 19.1 Å². The van der Waals surface area contributed by atoms with E-state index in [-0.39, 0.29) is 37.0 Å². The molecule has 0 saturated carbocycles. The van der Waals surface area contributed by atoms with Gasteiger partial charge >= 0.3 is 0 Å². The number of rotatable bonds is 1. The maximum absolute atomic E-state index is 13.8. The topological polar surface area (TPSA) is 60.9 Å². The zero-order valence-corrected chi connectivity index (χ0v) is 13.3. The molecule has 2 heterocycles. The molecule has 1 aromatic rings. The maximum atomic E-state index is 13.8. The number of halogens is 2. The summed E-state index contributed by atoms with van der Waals surface area (Å²) in [5.74, 6) is -3.43. The second kappa shape index (κ2) is 5.85. The normalized spacial score (nSPS) is 24.2. The fourth-order valence-electron chi connectivity index (χ4n) is 3.11. The third kappa shape index (κ3) is 2.42. The van der Waals surface area contributed by atoms with Crippen LogP contribution in [0.1, 0.15) is 17.3 Å². The minimum atomic E-state index is -1.21. The van der Waals surface area contributed by atoms with Crippen molar-refractivity contribution in [3.05, 3.63) is 35.4 Å². The average Bonchev–Trinajstić information content (AvgIpc) is 2.59. The molecule has 0 bridgehead atoms. The van der Waals surface area contributed by atoms with Crippen LogP contribution in [0, 0.1) is 11.6 Å². The summed E-state index contributed by atoms with van der Waals surface area (Å²) in [7, 11) is 1.54. The lowest BCUT2D eigenvalue weighted by atomic mass is 10.0. The molecule has 2 fully saturated rings. The molecule has 3 rings (SSSR count). The molecule has 2 aliphatic rings. The van der Waals surface area contributed by atoms with Crippen LogP contribution in [-0.4, -0.2) is 71.2 Å². The Bertz CT molecular complexity index is 725. The van der Waals surface area contributed by atoms with E-state index < -0.39 is 29.6 Å². The van der Waals surface area contributed by atoms with Gasteiger partial charge in [0.1, 0.15) is 12.1 Å². The molecule has 0 aliphatic carbocycles. The lowest BCUT2D eigenvalue weighted by molar-refractivity contribution is -0.162. The molecule has 0 N–H and O–H groups in total. The minimum Gasteiger partial charge on any atom is -0.334 e. The Morgan fingerprint density at radius 3 is 2.58 bits per heavy atom. The van der Waals surface area contributed by atoms with Crippen molar-refractivity contribution in [1.82, 2.24) is 14.7 Å². The summed E-state index contributed by atoms with van der Waals surface area (Å²) in [6.45, 7) is 1.98. The Morgan fingerprint density at radius 1 is 1.17 bits per heavy atom. The first-order valence-electron chi connectivity index (χ1n) is 7.63.